The summed E-state index contributed by atoms with van der Waals surface area (Å²) in [6, 6.07) is 1.49. The second-order valence-electron chi connectivity index (χ2n) is 4.98. The predicted molar refractivity (Wildman–Crippen MR) is 68.2 cm³/mol. The zero-order valence-electron chi connectivity index (χ0n) is 10.8. The molecule has 1 rings (SSSR count). The molecule has 0 saturated carbocycles. The predicted octanol–water partition coefficient (Wildman–Crippen LogP) is 3.15. The highest BCUT2D eigenvalue weighted by molar-refractivity contribution is 5.48. The lowest BCUT2D eigenvalue weighted by molar-refractivity contribution is -0.385. The second kappa shape index (κ2) is 5.12. The smallest absolute Gasteiger partial charge is 0.277 e. The van der Waals surface area contributed by atoms with Gasteiger partial charge in [0.15, 0.2) is 0 Å². The van der Waals surface area contributed by atoms with Crippen LogP contribution in [0.2, 0.25) is 0 Å². The van der Waals surface area contributed by atoms with Crippen LogP contribution in [0.1, 0.15) is 32.8 Å². The van der Waals surface area contributed by atoms with Gasteiger partial charge >= 0.3 is 0 Å². The van der Waals surface area contributed by atoms with Crippen molar-refractivity contribution in [3.05, 3.63) is 27.9 Å². The van der Waals surface area contributed by atoms with E-state index < -0.39 is 0 Å². The molecule has 1 aromatic rings. The van der Waals surface area contributed by atoms with Crippen LogP contribution in [0.4, 0.5) is 11.5 Å². The van der Waals surface area contributed by atoms with Crippen molar-refractivity contribution in [2.45, 2.75) is 34.1 Å². The van der Waals surface area contributed by atoms with Crippen molar-refractivity contribution >= 4 is 11.5 Å². The highest BCUT2D eigenvalue weighted by Crippen LogP contribution is 2.23. The van der Waals surface area contributed by atoms with E-state index in [-0.39, 0.29) is 16.0 Å². The molecule has 17 heavy (non-hydrogen) atoms. The normalized spacial score (nSPS) is 11.3. The molecular formula is C12H19N3O2. The molecule has 1 aromatic heterocycles. The van der Waals surface area contributed by atoms with E-state index in [4.69, 9.17) is 0 Å². The van der Waals surface area contributed by atoms with Crippen molar-refractivity contribution in [3.63, 3.8) is 0 Å². The molecule has 0 atom stereocenters. The minimum absolute atomic E-state index is 0.108. The first-order valence-corrected chi connectivity index (χ1v) is 5.70. The fourth-order valence-corrected chi connectivity index (χ4v) is 1.26. The Morgan fingerprint density at radius 2 is 2.18 bits per heavy atom. The van der Waals surface area contributed by atoms with Gasteiger partial charge in [0.2, 0.25) is 0 Å². The van der Waals surface area contributed by atoms with E-state index in [9.17, 15) is 10.1 Å². The molecule has 0 saturated heterocycles. The van der Waals surface area contributed by atoms with Crippen molar-refractivity contribution in [3.8, 4) is 0 Å². The van der Waals surface area contributed by atoms with E-state index in [2.05, 4.69) is 31.1 Å². The minimum atomic E-state index is -0.382. The third-order valence-electron chi connectivity index (χ3n) is 2.98. The van der Waals surface area contributed by atoms with E-state index in [0.29, 0.717) is 11.4 Å². The number of aryl methyl sites for hydroxylation is 1. The number of nitrogens with one attached hydrogen (secondary N) is 1. The molecule has 5 nitrogen and oxygen atoms in total. The molecule has 0 aromatic carbocycles. The lowest BCUT2D eigenvalue weighted by Crippen LogP contribution is -2.22. The number of aromatic nitrogens is 1. The number of hydrogen-bond donors (Lipinski definition) is 1. The maximum atomic E-state index is 10.8. The summed E-state index contributed by atoms with van der Waals surface area (Å²) in [5.74, 6) is 0.559. The van der Waals surface area contributed by atoms with Gasteiger partial charge in [-0.15, -0.1) is 0 Å². The van der Waals surface area contributed by atoms with Crippen molar-refractivity contribution in [1.82, 2.24) is 4.98 Å². The SMILES string of the molecule is CCC(C)(C)CNc1cc([N+](=O)[O-])c(C)cn1. The first-order valence-electron chi connectivity index (χ1n) is 5.70. The molecule has 1 heterocycles. The van der Waals surface area contributed by atoms with Crippen LogP contribution in [-0.4, -0.2) is 16.5 Å². The number of nitro groups is 1. The molecule has 0 aliphatic rings. The summed E-state index contributed by atoms with van der Waals surface area (Å²) in [5, 5.41) is 13.9. The lowest BCUT2D eigenvalue weighted by Gasteiger charge is -2.23. The zero-order chi connectivity index (χ0) is 13.1. The molecule has 94 valence electrons. The van der Waals surface area contributed by atoms with E-state index in [1.165, 1.54) is 12.3 Å². The summed E-state index contributed by atoms with van der Waals surface area (Å²) < 4.78 is 0. The fourth-order valence-electron chi connectivity index (χ4n) is 1.26. The van der Waals surface area contributed by atoms with Crippen molar-refractivity contribution in [1.29, 1.82) is 0 Å². The minimum Gasteiger partial charge on any atom is -0.369 e. The molecule has 0 unspecified atom stereocenters. The van der Waals surface area contributed by atoms with Gasteiger partial charge in [0, 0.05) is 18.3 Å². The highest BCUT2D eigenvalue weighted by Gasteiger charge is 2.16. The van der Waals surface area contributed by atoms with Crippen LogP contribution in [0.5, 0.6) is 0 Å². The molecule has 1 N–H and O–H groups in total. The first-order chi connectivity index (χ1) is 7.85. The summed E-state index contributed by atoms with van der Waals surface area (Å²) in [5.41, 5.74) is 0.841. The molecule has 0 bridgehead atoms. The quantitative estimate of drug-likeness (QED) is 0.631. The second-order valence-corrected chi connectivity index (χ2v) is 4.98. The lowest BCUT2D eigenvalue weighted by atomic mass is 9.90. The Balaban J connectivity index is 2.80. The molecule has 0 radical (unpaired) electrons. The number of rotatable bonds is 5. The van der Waals surface area contributed by atoms with Crippen LogP contribution in [0.25, 0.3) is 0 Å². The Kier molecular flexibility index (Phi) is 4.04. The Morgan fingerprint density at radius 1 is 1.53 bits per heavy atom. The average molecular weight is 237 g/mol. The van der Waals surface area contributed by atoms with Crippen LogP contribution in [0.3, 0.4) is 0 Å². The van der Waals surface area contributed by atoms with Gasteiger partial charge in [-0.25, -0.2) is 4.98 Å². The van der Waals surface area contributed by atoms with Gasteiger partial charge in [-0.2, -0.15) is 0 Å². The summed E-state index contributed by atoms with van der Waals surface area (Å²) in [6.07, 6.45) is 2.56. The molecule has 0 aliphatic carbocycles. The van der Waals surface area contributed by atoms with Gasteiger partial charge in [-0.3, -0.25) is 10.1 Å². The Morgan fingerprint density at radius 3 is 2.71 bits per heavy atom. The third-order valence-corrected chi connectivity index (χ3v) is 2.98. The molecular weight excluding hydrogens is 218 g/mol. The number of hydrogen-bond acceptors (Lipinski definition) is 4. The monoisotopic (exact) mass is 237 g/mol. The van der Waals surface area contributed by atoms with E-state index in [0.717, 1.165) is 13.0 Å². The van der Waals surface area contributed by atoms with Crippen LogP contribution in [0, 0.1) is 22.5 Å². The van der Waals surface area contributed by atoms with Gasteiger partial charge < -0.3 is 5.32 Å². The third kappa shape index (κ3) is 3.69. The zero-order valence-corrected chi connectivity index (χ0v) is 10.8. The molecule has 0 amide bonds. The van der Waals surface area contributed by atoms with E-state index in [1.807, 2.05) is 0 Å². The van der Waals surface area contributed by atoms with Crippen molar-refractivity contribution in [2.75, 3.05) is 11.9 Å². The van der Waals surface area contributed by atoms with Gasteiger partial charge in [-0.1, -0.05) is 20.8 Å². The van der Waals surface area contributed by atoms with Gasteiger partial charge in [0.25, 0.3) is 5.69 Å². The number of pyridine rings is 1. The molecule has 0 fully saturated rings. The topological polar surface area (TPSA) is 68.1 Å². The molecule has 0 aliphatic heterocycles. The van der Waals surface area contributed by atoms with Gasteiger partial charge in [0.1, 0.15) is 5.82 Å². The Hall–Kier alpha value is -1.65. The fraction of sp³-hybridized carbons (Fsp3) is 0.583. The number of anilines is 1. The van der Waals surface area contributed by atoms with Gasteiger partial charge in [0.05, 0.1) is 11.0 Å². The van der Waals surface area contributed by atoms with Crippen LogP contribution in [-0.2, 0) is 0 Å². The van der Waals surface area contributed by atoms with E-state index >= 15 is 0 Å². The Bertz CT molecular complexity index is 416. The summed E-state index contributed by atoms with van der Waals surface area (Å²) in [7, 11) is 0. The standard InChI is InChI=1S/C12H19N3O2/c1-5-12(3,4)8-14-11-6-10(15(16)17)9(2)7-13-11/h6-7H,5,8H2,1-4H3,(H,13,14). The van der Waals surface area contributed by atoms with Crippen LogP contribution in [0.15, 0.2) is 12.3 Å². The largest absolute Gasteiger partial charge is 0.369 e. The van der Waals surface area contributed by atoms with Crippen molar-refractivity contribution in [2.24, 2.45) is 5.41 Å². The highest BCUT2D eigenvalue weighted by atomic mass is 16.6. The van der Waals surface area contributed by atoms with E-state index in [1.54, 1.807) is 6.92 Å². The molecule has 5 heteroatoms. The van der Waals surface area contributed by atoms with Crippen LogP contribution < -0.4 is 5.32 Å². The molecule has 0 spiro atoms. The van der Waals surface area contributed by atoms with Crippen LogP contribution >= 0.6 is 0 Å². The van der Waals surface area contributed by atoms with Gasteiger partial charge in [-0.05, 0) is 18.8 Å². The number of nitrogens with zero attached hydrogens (tertiary/aromatic N) is 2. The average Bonchev–Trinajstić information content (AvgIpc) is 2.27. The summed E-state index contributed by atoms with van der Waals surface area (Å²) in [6.45, 7) is 8.83. The summed E-state index contributed by atoms with van der Waals surface area (Å²) in [4.78, 5) is 14.5. The first kappa shape index (κ1) is 13.4. The maximum Gasteiger partial charge on any atom is 0.277 e. The maximum absolute atomic E-state index is 10.8. The summed E-state index contributed by atoms with van der Waals surface area (Å²) >= 11 is 0. The Labute approximate surface area is 101 Å². The van der Waals surface area contributed by atoms with Crippen molar-refractivity contribution < 1.29 is 4.92 Å².